The van der Waals surface area contributed by atoms with Gasteiger partial charge in [-0.15, -0.1) is 0 Å². The first-order chi connectivity index (χ1) is 13.3. The van der Waals surface area contributed by atoms with E-state index in [1.165, 1.54) is 16.9 Å². The first-order valence-corrected chi connectivity index (χ1v) is 8.87. The molecule has 0 atom stereocenters. The van der Waals surface area contributed by atoms with E-state index in [0.29, 0.717) is 18.9 Å². The van der Waals surface area contributed by atoms with Crippen molar-refractivity contribution in [1.29, 1.82) is 0 Å². The van der Waals surface area contributed by atoms with Gasteiger partial charge in [0.05, 0.1) is 18.7 Å². The minimum Gasteiger partial charge on any atom is -0.383 e. The van der Waals surface area contributed by atoms with E-state index >= 15 is 0 Å². The Hall–Kier alpha value is -2.62. The molecular formula is C18H20F3N3O4. The number of hydrogen-bond donors (Lipinski definition) is 0. The van der Waals surface area contributed by atoms with E-state index in [9.17, 15) is 27.6 Å². The minimum absolute atomic E-state index is 0.0288. The maximum atomic E-state index is 13.9. The monoisotopic (exact) mass is 399 g/mol. The van der Waals surface area contributed by atoms with Crippen molar-refractivity contribution in [3.05, 3.63) is 35.1 Å². The third-order valence-electron chi connectivity index (χ3n) is 5.06. The number of carbonyl (C=O) groups excluding carboxylic acids is 3. The summed E-state index contributed by atoms with van der Waals surface area (Å²) in [4.78, 5) is 40.8. The number of likely N-dealkylation sites (tertiary alicyclic amines) is 1. The molecule has 0 radical (unpaired) electrons. The molecule has 2 saturated heterocycles. The fourth-order valence-electron chi connectivity index (χ4n) is 3.49. The average Bonchev–Trinajstić information content (AvgIpc) is 2.98. The predicted octanol–water partition coefficient (Wildman–Crippen LogP) is 1.62. The van der Waals surface area contributed by atoms with Crippen molar-refractivity contribution in [1.82, 2.24) is 14.7 Å². The highest BCUT2D eigenvalue weighted by Crippen LogP contribution is 2.24. The van der Waals surface area contributed by atoms with Gasteiger partial charge in [0.1, 0.15) is 6.54 Å². The van der Waals surface area contributed by atoms with Crippen LogP contribution in [0.4, 0.5) is 18.0 Å². The number of hydrogen-bond acceptors (Lipinski definition) is 4. The summed E-state index contributed by atoms with van der Waals surface area (Å²) in [6, 6.07) is 1.00. The summed E-state index contributed by atoms with van der Waals surface area (Å²) in [5.74, 6) is -5.59. The lowest BCUT2D eigenvalue weighted by molar-refractivity contribution is -0.125. The van der Waals surface area contributed by atoms with Gasteiger partial charge in [-0.25, -0.2) is 18.0 Å². The van der Waals surface area contributed by atoms with Crippen molar-refractivity contribution < 1.29 is 32.3 Å². The quantitative estimate of drug-likeness (QED) is 0.557. The summed E-state index contributed by atoms with van der Waals surface area (Å²) in [7, 11) is 1.48. The summed E-state index contributed by atoms with van der Waals surface area (Å²) in [6.07, 6.45) is 0.794. The maximum absolute atomic E-state index is 13.9. The van der Waals surface area contributed by atoms with Crippen molar-refractivity contribution in [3.63, 3.8) is 0 Å². The number of benzene rings is 1. The molecule has 2 heterocycles. The van der Waals surface area contributed by atoms with Crippen LogP contribution in [0.5, 0.6) is 0 Å². The molecule has 0 aromatic heterocycles. The molecule has 28 heavy (non-hydrogen) atoms. The molecule has 3 rings (SSSR count). The summed E-state index contributed by atoms with van der Waals surface area (Å²) in [5, 5.41) is 0. The minimum atomic E-state index is -1.68. The number of imide groups is 1. The number of amides is 4. The third-order valence-corrected chi connectivity index (χ3v) is 5.06. The van der Waals surface area contributed by atoms with Gasteiger partial charge >= 0.3 is 6.03 Å². The van der Waals surface area contributed by atoms with E-state index in [4.69, 9.17) is 4.74 Å². The fraction of sp³-hybridized carbons (Fsp3) is 0.500. The predicted molar refractivity (Wildman–Crippen MR) is 90.9 cm³/mol. The molecule has 2 aliphatic rings. The summed E-state index contributed by atoms with van der Waals surface area (Å²) < 4.78 is 45.2. The Balaban J connectivity index is 1.62. The van der Waals surface area contributed by atoms with Crippen LogP contribution in [0.15, 0.2) is 12.1 Å². The van der Waals surface area contributed by atoms with Gasteiger partial charge < -0.3 is 14.5 Å². The van der Waals surface area contributed by atoms with Crippen LogP contribution in [0, 0.1) is 17.5 Å². The van der Waals surface area contributed by atoms with Crippen LogP contribution in [-0.2, 0) is 9.53 Å². The molecule has 0 saturated carbocycles. The second-order valence-electron chi connectivity index (χ2n) is 6.69. The molecule has 0 spiro atoms. The van der Waals surface area contributed by atoms with Gasteiger partial charge in [-0.2, -0.15) is 0 Å². The van der Waals surface area contributed by atoms with Crippen molar-refractivity contribution >= 4 is 17.8 Å². The van der Waals surface area contributed by atoms with Crippen LogP contribution < -0.4 is 0 Å². The highest BCUT2D eigenvalue weighted by atomic mass is 19.2. The maximum Gasteiger partial charge on any atom is 0.327 e. The smallest absolute Gasteiger partial charge is 0.327 e. The van der Waals surface area contributed by atoms with E-state index in [2.05, 4.69) is 0 Å². The van der Waals surface area contributed by atoms with Gasteiger partial charge in [0.25, 0.3) is 5.91 Å². The molecule has 1 aromatic rings. The summed E-state index contributed by atoms with van der Waals surface area (Å²) >= 11 is 0. The van der Waals surface area contributed by atoms with Gasteiger partial charge in [0.2, 0.25) is 5.91 Å². The van der Waals surface area contributed by atoms with Crippen LogP contribution in [0.2, 0.25) is 0 Å². The molecule has 7 nitrogen and oxygen atoms in total. The number of piperidine rings is 1. The van der Waals surface area contributed by atoms with Crippen LogP contribution in [0.1, 0.15) is 23.2 Å². The number of ether oxygens (including phenoxy) is 1. The van der Waals surface area contributed by atoms with E-state index in [1.54, 1.807) is 0 Å². The van der Waals surface area contributed by atoms with Crippen molar-refractivity contribution in [3.8, 4) is 0 Å². The lowest BCUT2D eigenvalue weighted by Gasteiger charge is -2.36. The topological polar surface area (TPSA) is 70.2 Å². The van der Waals surface area contributed by atoms with E-state index in [1.807, 2.05) is 0 Å². The number of halogens is 3. The van der Waals surface area contributed by atoms with Crippen molar-refractivity contribution in [2.45, 2.75) is 18.9 Å². The van der Waals surface area contributed by atoms with Gasteiger partial charge in [0, 0.05) is 26.2 Å². The fourth-order valence-corrected chi connectivity index (χ4v) is 3.49. The van der Waals surface area contributed by atoms with Crippen LogP contribution in [-0.4, -0.2) is 78.5 Å². The Morgan fingerprint density at radius 1 is 1.14 bits per heavy atom. The highest BCUT2D eigenvalue weighted by Gasteiger charge is 2.41. The normalized spacial score (nSPS) is 18.4. The van der Waals surface area contributed by atoms with E-state index in [0.717, 1.165) is 11.0 Å². The van der Waals surface area contributed by atoms with E-state index in [-0.39, 0.29) is 44.7 Å². The zero-order valence-corrected chi connectivity index (χ0v) is 15.3. The first-order valence-electron chi connectivity index (χ1n) is 8.87. The highest BCUT2D eigenvalue weighted by molar-refractivity contribution is 6.02. The molecule has 0 unspecified atom stereocenters. The first kappa shape index (κ1) is 20.1. The van der Waals surface area contributed by atoms with Gasteiger partial charge in [0.15, 0.2) is 17.5 Å². The lowest BCUT2D eigenvalue weighted by Crippen LogP contribution is -2.48. The molecule has 0 bridgehead atoms. The summed E-state index contributed by atoms with van der Waals surface area (Å²) in [6.45, 7) is 0.810. The zero-order valence-electron chi connectivity index (χ0n) is 15.3. The SMILES string of the molecule is COCCN1C(=O)CN(C2CCN(C(=O)c3ccc(F)c(F)c3F)CC2)C1=O. The molecule has 152 valence electrons. The van der Waals surface area contributed by atoms with Crippen molar-refractivity contribution in [2.24, 2.45) is 0 Å². The average molecular weight is 399 g/mol. The number of rotatable bonds is 5. The third kappa shape index (κ3) is 3.68. The Labute approximate surface area is 159 Å². The molecular weight excluding hydrogens is 379 g/mol. The van der Waals surface area contributed by atoms with E-state index < -0.39 is 35.0 Å². The summed E-state index contributed by atoms with van der Waals surface area (Å²) in [5.41, 5.74) is -0.532. The molecule has 2 aliphatic heterocycles. The molecule has 2 fully saturated rings. The number of methoxy groups -OCH3 is 1. The molecule has 10 heteroatoms. The Kier molecular flexibility index (Phi) is 5.87. The second-order valence-corrected chi connectivity index (χ2v) is 6.69. The lowest BCUT2D eigenvalue weighted by atomic mass is 10.0. The van der Waals surface area contributed by atoms with Crippen LogP contribution in [0.25, 0.3) is 0 Å². The van der Waals surface area contributed by atoms with Gasteiger partial charge in [-0.1, -0.05) is 0 Å². The number of carbonyl (C=O) groups is 3. The number of urea groups is 1. The van der Waals surface area contributed by atoms with Crippen molar-refractivity contribution in [2.75, 3.05) is 39.9 Å². The largest absolute Gasteiger partial charge is 0.383 e. The second kappa shape index (κ2) is 8.17. The van der Waals surface area contributed by atoms with Crippen LogP contribution >= 0.6 is 0 Å². The number of nitrogens with zero attached hydrogens (tertiary/aromatic N) is 3. The van der Waals surface area contributed by atoms with Gasteiger partial charge in [-0.05, 0) is 25.0 Å². The molecule has 0 N–H and O–H groups in total. The molecule has 0 aliphatic carbocycles. The standard InChI is InChI=1S/C18H20F3N3O4/c1-28-9-8-23-14(25)10-24(18(23)27)11-4-6-22(7-5-11)17(26)12-2-3-13(19)16(21)15(12)20/h2-3,11H,4-10H2,1H3. The zero-order chi connectivity index (χ0) is 20.4. The Morgan fingerprint density at radius 3 is 2.46 bits per heavy atom. The molecule has 4 amide bonds. The molecule has 1 aromatic carbocycles. The van der Waals surface area contributed by atoms with Gasteiger partial charge in [-0.3, -0.25) is 14.5 Å². The Bertz CT molecular complexity index is 797. The Morgan fingerprint density at radius 2 is 1.82 bits per heavy atom. The van der Waals surface area contributed by atoms with Crippen LogP contribution in [0.3, 0.4) is 0 Å².